The van der Waals surface area contributed by atoms with Gasteiger partial charge in [-0.3, -0.25) is 0 Å². The molecule has 72 valence electrons. The van der Waals surface area contributed by atoms with E-state index in [1.165, 1.54) is 0 Å². The van der Waals surface area contributed by atoms with E-state index in [0.29, 0.717) is 19.1 Å². The Kier molecular flexibility index (Phi) is 3.09. The molecule has 12 heavy (non-hydrogen) atoms. The van der Waals surface area contributed by atoms with Gasteiger partial charge in [0, 0.05) is 19.1 Å². The summed E-state index contributed by atoms with van der Waals surface area (Å²) < 4.78 is 24.3. The van der Waals surface area contributed by atoms with E-state index in [1.54, 1.807) is 11.2 Å². The van der Waals surface area contributed by atoms with Gasteiger partial charge in [-0.25, -0.2) is 12.7 Å². The average molecular weight is 192 g/mol. The predicted octanol–water partition coefficient (Wildman–Crippen LogP) is -0.370. The van der Waals surface area contributed by atoms with Crippen LogP contribution in [0.5, 0.6) is 0 Å². The summed E-state index contributed by atoms with van der Waals surface area (Å²) in [5.74, 6) is 0.212. The molecule has 0 bridgehead atoms. The second-order valence-electron chi connectivity index (χ2n) is 3.03. The van der Waals surface area contributed by atoms with Crippen LogP contribution in [0.15, 0.2) is 0 Å². The van der Waals surface area contributed by atoms with Gasteiger partial charge < -0.3 is 5.32 Å². The summed E-state index contributed by atoms with van der Waals surface area (Å²) >= 11 is 0. The summed E-state index contributed by atoms with van der Waals surface area (Å²) in [6, 6.07) is 0.339. The molecule has 1 rings (SSSR count). The van der Waals surface area contributed by atoms with E-state index in [9.17, 15) is 8.42 Å². The third kappa shape index (κ3) is 1.97. The fourth-order valence-electron chi connectivity index (χ4n) is 1.40. The lowest BCUT2D eigenvalue weighted by Gasteiger charge is -2.14. The van der Waals surface area contributed by atoms with Crippen LogP contribution in [0.25, 0.3) is 0 Å². The number of hydrogen-bond acceptors (Lipinski definition) is 3. The zero-order valence-corrected chi connectivity index (χ0v) is 8.39. The molecule has 1 atom stereocenters. The van der Waals surface area contributed by atoms with E-state index in [1.807, 2.05) is 7.05 Å². The second kappa shape index (κ2) is 3.72. The molecule has 0 radical (unpaired) electrons. The Morgan fingerprint density at radius 3 is 2.67 bits per heavy atom. The van der Waals surface area contributed by atoms with Crippen molar-refractivity contribution < 1.29 is 8.42 Å². The second-order valence-corrected chi connectivity index (χ2v) is 5.29. The number of nitrogens with zero attached hydrogens (tertiary/aromatic N) is 1. The van der Waals surface area contributed by atoms with Crippen LogP contribution in [0.2, 0.25) is 0 Å². The smallest absolute Gasteiger partial charge is 0.213 e. The van der Waals surface area contributed by atoms with E-state index in [2.05, 4.69) is 5.32 Å². The first kappa shape index (κ1) is 9.95. The van der Waals surface area contributed by atoms with Crippen LogP contribution in [0.4, 0.5) is 0 Å². The number of nitrogens with one attached hydrogen (secondary N) is 1. The maximum atomic E-state index is 11.4. The largest absolute Gasteiger partial charge is 0.316 e. The maximum Gasteiger partial charge on any atom is 0.213 e. The molecule has 5 heteroatoms. The van der Waals surface area contributed by atoms with Crippen molar-refractivity contribution in [1.29, 1.82) is 0 Å². The van der Waals surface area contributed by atoms with Crippen molar-refractivity contribution in [3.05, 3.63) is 0 Å². The summed E-state index contributed by atoms with van der Waals surface area (Å²) in [6.07, 6.45) is 0.926. The average Bonchev–Trinajstić information content (AvgIpc) is 2.52. The molecule has 4 nitrogen and oxygen atoms in total. The Balaban J connectivity index is 2.58. The first-order valence-electron chi connectivity index (χ1n) is 4.25. The molecule has 1 aliphatic rings. The van der Waals surface area contributed by atoms with Crippen molar-refractivity contribution in [2.45, 2.75) is 19.4 Å². The standard InChI is InChI=1S/C7H16N2O2S/c1-3-12(10,11)9-5-4-7(6-9)8-2/h7-8H,3-6H2,1-2H3/t7-/m1/s1. The molecule has 1 N–H and O–H groups in total. The summed E-state index contributed by atoms with van der Waals surface area (Å²) in [7, 11) is -1.08. The van der Waals surface area contributed by atoms with Crippen LogP contribution >= 0.6 is 0 Å². The van der Waals surface area contributed by atoms with Crippen molar-refractivity contribution in [3.63, 3.8) is 0 Å². The molecule has 0 aromatic carbocycles. The molecular formula is C7H16N2O2S. The highest BCUT2D eigenvalue weighted by molar-refractivity contribution is 7.89. The molecular weight excluding hydrogens is 176 g/mol. The number of likely N-dealkylation sites (N-methyl/N-ethyl adjacent to an activating group) is 1. The topological polar surface area (TPSA) is 49.4 Å². The van der Waals surface area contributed by atoms with E-state index in [4.69, 9.17) is 0 Å². The summed E-state index contributed by atoms with van der Waals surface area (Å²) in [6.45, 7) is 2.98. The molecule has 0 saturated carbocycles. The first-order valence-corrected chi connectivity index (χ1v) is 5.86. The molecule has 0 aromatic rings. The van der Waals surface area contributed by atoms with E-state index in [0.717, 1.165) is 6.42 Å². The Bertz CT molecular complexity index is 238. The van der Waals surface area contributed by atoms with Gasteiger partial charge in [0.1, 0.15) is 0 Å². The first-order chi connectivity index (χ1) is 5.60. The van der Waals surface area contributed by atoms with Crippen molar-refractivity contribution in [2.75, 3.05) is 25.9 Å². The molecule has 1 saturated heterocycles. The fraction of sp³-hybridized carbons (Fsp3) is 1.00. The molecule has 1 heterocycles. The molecule has 0 spiro atoms. The monoisotopic (exact) mass is 192 g/mol. The van der Waals surface area contributed by atoms with Gasteiger partial charge in [-0.05, 0) is 20.4 Å². The van der Waals surface area contributed by atoms with Crippen molar-refractivity contribution >= 4 is 10.0 Å². The summed E-state index contributed by atoms with van der Waals surface area (Å²) in [5.41, 5.74) is 0. The third-order valence-corrected chi connectivity index (χ3v) is 4.17. The van der Waals surface area contributed by atoms with E-state index in [-0.39, 0.29) is 5.75 Å². The molecule has 0 unspecified atom stereocenters. The van der Waals surface area contributed by atoms with Crippen molar-refractivity contribution in [1.82, 2.24) is 9.62 Å². The highest BCUT2D eigenvalue weighted by Gasteiger charge is 2.28. The minimum Gasteiger partial charge on any atom is -0.316 e. The van der Waals surface area contributed by atoms with Crippen LogP contribution in [-0.4, -0.2) is 44.7 Å². The lowest BCUT2D eigenvalue weighted by atomic mass is 10.3. The van der Waals surface area contributed by atoms with Gasteiger partial charge in [0.15, 0.2) is 0 Å². The quantitative estimate of drug-likeness (QED) is 0.664. The Labute approximate surface area is 74.0 Å². The molecule has 1 aliphatic heterocycles. The highest BCUT2D eigenvalue weighted by atomic mass is 32.2. The van der Waals surface area contributed by atoms with Gasteiger partial charge in [-0.2, -0.15) is 0 Å². The van der Waals surface area contributed by atoms with Gasteiger partial charge >= 0.3 is 0 Å². The molecule has 1 fully saturated rings. The van der Waals surface area contributed by atoms with Crippen LogP contribution < -0.4 is 5.32 Å². The number of rotatable bonds is 3. The maximum absolute atomic E-state index is 11.4. The highest BCUT2D eigenvalue weighted by Crippen LogP contribution is 2.13. The SMILES string of the molecule is CCS(=O)(=O)N1CC[C@@H](NC)C1. The lowest BCUT2D eigenvalue weighted by Crippen LogP contribution is -2.34. The summed E-state index contributed by atoms with van der Waals surface area (Å²) in [4.78, 5) is 0. The van der Waals surface area contributed by atoms with Crippen LogP contribution in [0, 0.1) is 0 Å². The zero-order chi connectivity index (χ0) is 9.19. The van der Waals surface area contributed by atoms with Crippen molar-refractivity contribution in [3.8, 4) is 0 Å². The Morgan fingerprint density at radius 2 is 2.25 bits per heavy atom. The van der Waals surface area contributed by atoms with E-state index < -0.39 is 10.0 Å². The summed E-state index contributed by atoms with van der Waals surface area (Å²) in [5, 5.41) is 3.08. The van der Waals surface area contributed by atoms with Crippen LogP contribution in [-0.2, 0) is 10.0 Å². The number of hydrogen-bond donors (Lipinski definition) is 1. The van der Waals surface area contributed by atoms with Gasteiger partial charge in [0.05, 0.1) is 5.75 Å². The van der Waals surface area contributed by atoms with Gasteiger partial charge in [0.25, 0.3) is 0 Å². The molecule has 0 amide bonds. The van der Waals surface area contributed by atoms with E-state index >= 15 is 0 Å². The van der Waals surface area contributed by atoms with Crippen LogP contribution in [0.1, 0.15) is 13.3 Å². The molecule has 0 aliphatic carbocycles. The Hall–Kier alpha value is -0.130. The van der Waals surface area contributed by atoms with Crippen molar-refractivity contribution in [2.24, 2.45) is 0 Å². The minimum absolute atomic E-state index is 0.212. The van der Waals surface area contributed by atoms with Gasteiger partial charge in [-0.15, -0.1) is 0 Å². The zero-order valence-electron chi connectivity index (χ0n) is 7.58. The van der Waals surface area contributed by atoms with Gasteiger partial charge in [0.2, 0.25) is 10.0 Å². The normalized spacial score (nSPS) is 26.3. The lowest BCUT2D eigenvalue weighted by molar-refractivity contribution is 0.465. The van der Waals surface area contributed by atoms with Crippen LogP contribution in [0.3, 0.4) is 0 Å². The minimum atomic E-state index is -2.95. The van der Waals surface area contributed by atoms with Gasteiger partial charge in [-0.1, -0.05) is 0 Å². The number of sulfonamides is 1. The molecule has 0 aromatic heterocycles. The fourth-order valence-corrected chi connectivity index (χ4v) is 2.55. The Morgan fingerprint density at radius 1 is 1.58 bits per heavy atom. The predicted molar refractivity (Wildman–Crippen MR) is 48.5 cm³/mol. The third-order valence-electron chi connectivity index (χ3n) is 2.32.